The van der Waals surface area contributed by atoms with Crippen molar-refractivity contribution in [3.05, 3.63) is 58.7 Å². The number of benzene rings is 1. The lowest BCUT2D eigenvalue weighted by Crippen LogP contribution is -2.22. The number of hydrogen-bond acceptors (Lipinski definition) is 3. The number of allylic oxidation sites excluding steroid dienone is 5. The van der Waals surface area contributed by atoms with Crippen molar-refractivity contribution < 1.29 is 14.6 Å². The summed E-state index contributed by atoms with van der Waals surface area (Å²) >= 11 is 0. The van der Waals surface area contributed by atoms with Crippen LogP contribution in [0.1, 0.15) is 89.1 Å². The molecule has 3 heteroatoms. The average molecular weight is 397 g/mol. The van der Waals surface area contributed by atoms with Gasteiger partial charge >= 0.3 is 5.97 Å². The number of esters is 1. The van der Waals surface area contributed by atoms with Gasteiger partial charge in [0.15, 0.2) is 0 Å². The molecule has 0 heterocycles. The fourth-order valence-corrected chi connectivity index (χ4v) is 4.29. The molecule has 0 amide bonds. The Labute approximate surface area is 176 Å². The number of hydrogen-bond donors (Lipinski definition) is 1. The lowest BCUT2D eigenvalue weighted by molar-refractivity contribution is 0.0497. The van der Waals surface area contributed by atoms with E-state index in [9.17, 15) is 9.90 Å². The Kier molecular flexibility index (Phi) is 7.89. The Balaban J connectivity index is 2.42. The van der Waals surface area contributed by atoms with Crippen LogP contribution in [0.5, 0.6) is 5.75 Å². The summed E-state index contributed by atoms with van der Waals surface area (Å²) in [5.74, 6) is -0.284. The Morgan fingerprint density at radius 1 is 1.31 bits per heavy atom. The average Bonchev–Trinajstić information content (AvgIpc) is 2.67. The minimum absolute atomic E-state index is 0.0191. The molecule has 0 aromatic heterocycles. The van der Waals surface area contributed by atoms with E-state index in [-0.39, 0.29) is 17.1 Å². The molecule has 1 aromatic rings. The topological polar surface area (TPSA) is 46.5 Å². The smallest absolute Gasteiger partial charge is 0.338 e. The number of unbranched alkanes of at least 4 members (excludes halogenated alkanes) is 2. The largest absolute Gasteiger partial charge is 0.507 e. The number of carbonyl (C=O) groups is 1. The third kappa shape index (κ3) is 5.41. The lowest BCUT2D eigenvalue weighted by atomic mass is 9.68. The third-order valence-corrected chi connectivity index (χ3v) is 5.89. The Morgan fingerprint density at radius 3 is 2.62 bits per heavy atom. The maximum Gasteiger partial charge on any atom is 0.338 e. The molecule has 0 unspecified atom stereocenters. The Bertz CT molecular complexity index is 824. The molecule has 0 fully saturated rings. The van der Waals surface area contributed by atoms with Crippen LogP contribution in [0.15, 0.2) is 47.6 Å². The van der Waals surface area contributed by atoms with Crippen LogP contribution in [0.25, 0.3) is 5.57 Å². The predicted octanol–water partition coefficient (Wildman–Crippen LogP) is 7.23. The molecule has 0 atom stereocenters. The van der Waals surface area contributed by atoms with Gasteiger partial charge in [0, 0.05) is 5.56 Å². The first kappa shape index (κ1) is 23.0. The van der Waals surface area contributed by atoms with Gasteiger partial charge in [-0.1, -0.05) is 51.8 Å². The van der Waals surface area contributed by atoms with Crippen molar-refractivity contribution >= 4 is 11.5 Å². The van der Waals surface area contributed by atoms with E-state index in [0.717, 1.165) is 48.8 Å². The summed E-state index contributed by atoms with van der Waals surface area (Å²) in [5.41, 5.74) is 5.84. The predicted molar refractivity (Wildman–Crippen MR) is 121 cm³/mol. The van der Waals surface area contributed by atoms with E-state index >= 15 is 0 Å². The van der Waals surface area contributed by atoms with Crippen LogP contribution in [0.2, 0.25) is 0 Å². The zero-order valence-electron chi connectivity index (χ0n) is 18.7. The highest BCUT2D eigenvalue weighted by Gasteiger charge is 2.32. The van der Waals surface area contributed by atoms with Crippen LogP contribution in [0.4, 0.5) is 0 Å². The molecule has 0 spiro atoms. The van der Waals surface area contributed by atoms with E-state index in [1.54, 1.807) is 6.07 Å². The van der Waals surface area contributed by atoms with Gasteiger partial charge in [-0.15, -0.1) is 0 Å². The highest BCUT2D eigenvalue weighted by Crippen LogP contribution is 2.49. The van der Waals surface area contributed by atoms with Crippen molar-refractivity contribution in [3.63, 3.8) is 0 Å². The van der Waals surface area contributed by atoms with Gasteiger partial charge in [0.25, 0.3) is 0 Å². The van der Waals surface area contributed by atoms with Crippen molar-refractivity contribution in [1.82, 2.24) is 0 Å². The molecule has 3 nitrogen and oxygen atoms in total. The molecule has 0 radical (unpaired) electrons. The quantitative estimate of drug-likeness (QED) is 0.286. The fraction of sp³-hybridized carbons (Fsp3) is 0.500. The fourth-order valence-electron chi connectivity index (χ4n) is 4.29. The third-order valence-electron chi connectivity index (χ3n) is 5.89. The first-order chi connectivity index (χ1) is 13.7. The molecular weight excluding hydrogens is 360 g/mol. The lowest BCUT2D eigenvalue weighted by Gasteiger charge is -2.37. The number of phenols is 1. The summed E-state index contributed by atoms with van der Waals surface area (Å²) in [6, 6.07) is 5.12. The summed E-state index contributed by atoms with van der Waals surface area (Å²) in [6.07, 6.45) is 8.17. The first-order valence-electron chi connectivity index (χ1n) is 10.8. The molecule has 0 aliphatic heterocycles. The van der Waals surface area contributed by atoms with Gasteiger partial charge in [-0.05, 0) is 79.9 Å². The molecule has 0 bridgehead atoms. The van der Waals surface area contributed by atoms with E-state index in [1.165, 1.54) is 23.6 Å². The Hall–Kier alpha value is -2.29. The van der Waals surface area contributed by atoms with E-state index in [4.69, 9.17) is 4.74 Å². The zero-order valence-corrected chi connectivity index (χ0v) is 18.7. The van der Waals surface area contributed by atoms with Crippen LogP contribution in [0.3, 0.4) is 0 Å². The van der Waals surface area contributed by atoms with Gasteiger partial charge in [0.05, 0.1) is 12.2 Å². The number of rotatable bonds is 8. The molecule has 2 rings (SSSR count). The summed E-state index contributed by atoms with van der Waals surface area (Å²) < 4.78 is 5.33. The van der Waals surface area contributed by atoms with E-state index in [0.29, 0.717) is 12.2 Å². The summed E-state index contributed by atoms with van der Waals surface area (Å²) in [7, 11) is 0. The van der Waals surface area contributed by atoms with E-state index in [1.807, 2.05) is 19.1 Å². The van der Waals surface area contributed by atoms with E-state index < -0.39 is 0 Å². The van der Waals surface area contributed by atoms with Gasteiger partial charge in [-0.25, -0.2) is 4.79 Å². The molecule has 1 aromatic carbocycles. The molecule has 1 aliphatic rings. The standard InChI is InChI=1S/C26H36O3/c1-7-9-10-16-29-25(28)20-13-14-21(22(27)17-20)23(18(3)8-2)24-19(4)12-11-15-26(24,5)6/h8,13-14,17,27H,2,7,9-12,15-16H2,1,3-6H3. The minimum atomic E-state index is -0.387. The van der Waals surface area contributed by atoms with Crippen LogP contribution in [0, 0.1) is 5.41 Å². The Morgan fingerprint density at radius 2 is 2.03 bits per heavy atom. The molecule has 29 heavy (non-hydrogen) atoms. The van der Waals surface area contributed by atoms with Crippen LogP contribution in [-0.2, 0) is 4.74 Å². The van der Waals surface area contributed by atoms with Gasteiger partial charge in [-0.2, -0.15) is 0 Å². The molecule has 1 N–H and O–H groups in total. The second-order valence-electron chi connectivity index (χ2n) is 8.73. The maximum absolute atomic E-state index is 12.3. The number of aromatic hydroxyl groups is 1. The number of ether oxygens (including phenoxy) is 1. The van der Waals surface area contributed by atoms with Crippen molar-refractivity contribution in [2.24, 2.45) is 5.41 Å². The van der Waals surface area contributed by atoms with Crippen LogP contribution >= 0.6 is 0 Å². The van der Waals surface area contributed by atoms with Crippen molar-refractivity contribution in [1.29, 1.82) is 0 Å². The van der Waals surface area contributed by atoms with Gasteiger partial charge in [-0.3, -0.25) is 0 Å². The van der Waals surface area contributed by atoms with Gasteiger partial charge in [0.1, 0.15) is 5.75 Å². The van der Waals surface area contributed by atoms with E-state index in [2.05, 4.69) is 34.3 Å². The summed E-state index contributed by atoms with van der Waals surface area (Å²) in [4.78, 5) is 12.3. The summed E-state index contributed by atoms with van der Waals surface area (Å²) in [5, 5.41) is 10.9. The van der Waals surface area contributed by atoms with Crippen LogP contribution in [-0.4, -0.2) is 17.7 Å². The molecule has 158 valence electrons. The molecule has 0 saturated heterocycles. The highest BCUT2D eigenvalue weighted by atomic mass is 16.5. The first-order valence-corrected chi connectivity index (χ1v) is 10.8. The number of phenolic OH excluding ortho intramolecular Hbond substituents is 1. The molecule has 1 aliphatic carbocycles. The molecule has 0 saturated carbocycles. The SMILES string of the molecule is C=CC(C)=C(C1=C(C)CCCC1(C)C)c1ccc(C(=O)OCCCCC)cc1O. The normalized spacial score (nSPS) is 17.0. The second-order valence-corrected chi connectivity index (χ2v) is 8.73. The van der Waals surface area contributed by atoms with Gasteiger partial charge < -0.3 is 9.84 Å². The summed E-state index contributed by atoms with van der Waals surface area (Å²) in [6.45, 7) is 15.2. The minimum Gasteiger partial charge on any atom is -0.507 e. The van der Waals surface area contributed by atoms with Crippen LogP contribution < -0.4 is 0 Å². The van der Waals surface area contributed by atoms with Crippen molar-refractivity contribution in [2.75, 3.05) is 6.61 Å². The highest BCUT2D eigenvalue weighted by molar-refractivity contribution is 5.93. The monoisotopic (exact) mass is 396 g/mol. The van der Waals surface area contributed by atoms with Gasteiger partial charge in [0.2, 0.25) is 0 Å². The maximum atomic E-state index is 12.3. The number of carbonyl (C=O) groups excluding carboxylic acids is 1. The van der Waals surface area contributed by atoms with Crippen molar-refractivity contribution in [2.45, 2.75) is 73.1 Å². The van der Waals surface area contributed by atoms with Crippen molar-refractivity contribution in [3.8, 4) is 5.75 Å². The zero-order chi connectivity index (χ0) is 21.6. The molecular formula is C26H36O3. The second kappa shape index (κ2) is 9.96.